The molecule has 2 aromatic carbocycles. The summed E-state index contributed by atoms with van der Waals surface area (Å²) in [6.07, 6.45) is 0.936. The molecule has 1 atom stereocenters. The number of fused-ring (bicyclic) bond motifs is 1. The third-order valence-electron chi connectivity index (χ3n) is 3.45. The maximum Gasteiger partial charge on any atom is 0.140 e. The Bertz CT molecular complexity index is 688. The highest BCUT2D eigenvalue weighted by atomic mass is 32.1. The first kappa shape index (κ1) is 14.0. The Balaban J connectivity index is 1.67. The highest BCUT2D eigenvalue weighted by Crippen LogP contribution is 2.23. The van der Waals surface area contributed by atoms with Crippen LogP contribution in [0.5, 0.6) is 5.75 Å². The fourth-order valence-corrected chi connectivity index (χ4v) is 3.05. The zero-order chi connectivity index (χ0) is 14.7. The average Bonchev–Trinajstić information content (AvgIpc) is 2.95. The Labute approximate surface area is 128 Å². The van der Waals surface area contributed by atoms with Crippen LogP contribution < -0.4 is 10.5 Å². The van der Waals surface area contributed by atoms with Crippen LogP contribution in [0.4, 0.5) is 0 Å². The Hall–Kier alpha value is -1.91. The fraction of sp³-hybridized carbons (Fsp3) is 0.235. The van der Waals surface area contributed by atoms with Crippen molar-refractivity contribution in [3.63, 3.8) is 0 Å². The van der Waals surface area contributed by atoms with E-state index in [-0.39, 0.29) is 6.04 Å². The van der Waals surface area contributed by atoms with E-state index in [1.165, 1.54) is 4.70 Å². The number of nitrogens with two attached hydrogens (primary N) is 1. The maximum absolute atomic E-state index is 6.00. The van der Waals surface area contributed by atoms with Crippen LogP contribution in [0, 0.1) is 0 Å². The van der Waals surface area contributed by atoms with Gasteiger partial charge in [-0.3, -0.25) is 0 Å². The number of benzene rings is 2. The first-order valence-corrected chi connectivity index (χ1v) is 7.90. The monoisotopic (exact) mass is 298 g/mol. The van der Waals surface area contributed by atoms with Crippen LogP contribution in [-0.4, -0.2) is 4.98 Å². The lowest BCUT2D eigenvalue weighted by molar-refractivity contribution is 0.305. The van der Waals surface area contributed by atoms with Gasteiger partial charge in [0.15, 0.2) is 0 Å². The number of aromatic nitrogens is 1. The summed E-state index contributed by atoms with van der Waals surface area (Å²) in [7, 11) is 0. The van der Waals surface area contributed by atoms with E-state index in [1.54, 1.807) is 11.3 Å². The molecule has 1 heterocycles. The van der Waals surface area contributed by atoms with Crippen LogP contribution >= 0.6 is 11.3 Å². The van der Waals surface area contributed by atoms with E-state index in [0.29, 0.717) is 6.61 Å². The van der Waals surface area contributed by atoms with Gasteiger partial charge >= 0.3 is 0 Å². The van der Waals surface area contributed by atoms with Crippen molar-refractivity contribution in [3.8, 4) is 5.75 Å². The molecule has 0 saturated carbocycles. The summed E-state index contributed by atoms with van der Waals surface area (Å²) in [6, 6.07) is 16.2. The SMILES string of the molecule is CC[C@@H](N)c1ccc(OCc2nc3ccccc3s2)cc1. The van der Waals surface area contributed by atoms with E-state index in [9.17, 15) is 0 Å². The smallest absolute Gasteiger partial charge is 0.140 e. The molecule has 0 saturated heterocycles. The van der Waals surface area contributed by atoms with Gasteiger partial charge in [0, 0.05) is 6.04 Å². The van der Waals surface area contributed by atoms with E-state index >= 15 is 0 Å². The summed E-state index contributed by atoms with van der Waals surface area (Å²) in [6.45, 7) is 2.58. The van der Waals surface area contributed by atoms with Gasteiger partial charge in [-0.1, -0.05) is 31.2 Å². The highest BCUT2D eigenvalue weighted by Gasteiger charge is 2.05. The molecule has 3 aromatic rings. The molecule has 4 heteroatoms. The van der Waals surface area contributed by atoms with Gasteiger partial charge in [0.1, 0.15) is 17.4 Å². The molecule has 0 amide bonds. The van der Waals surface area contributed by atoms with E-state index in [1.807, 2.05) is 42.5 Å². The lowest BCUT2D eigenvalue weighted by Crippen LogP contribution is -2.08. The first-order chi connectivity index (χ1) is 10.3. The number of ether oxygens (including phenoxy) is 1. The standard InChI is InChI=1S/C17H18N2OS/c1-2-14(18)12-7-9-13(10-8-12)20-11-17-19-15-5-3-4-6-16(15)21-17/h3-10,14H,2,11,18H2,1H3/t14-/m1/s1. The fourth-order valence-electron chi connectivity index (χ4n) is 2.17. The minimum Gasteiger partial charge on any atom is -0.486 e. The quantitative estimate of drug-likeness (QED) is 0.764. The Morgan fingerprint density at radius 2 is 1.90 bits per heavy atom. The Morgan fingerprint density at radius 1 is 1.14 bits per heavy atom. The van der Waals surface area contributed by atoms with E-state index in [2.05, 4.69) is 18.0 Å². The molecule has 0 aliphatic carbocycles. The van der Waals surface area contributed by atoms with E-state index in [4.69, 9.17) is 10.5 Å². The number of hydrogen-bond donors (Lipinski definition) is 1. The van der Waals surface area contributed by atoms with Crippen LogP contribution in [-0.2, 0) is 6.61 Å². The lowest BCUT2D eigenvalue weighted by Gasteiger charge is -2.10. The molecule has 3 rings (SSSR count). The van der Waals surface area contributed by atoms with Crippen LogP contribution in [0.25, 0.3) is 10.2 Å². The summed E-state index contributed by atoms with van der Waals surface area (Å²) < 4.78 is 6.99. The van der Waals surface area contributed by atoms with Crippen LogP contribution in [0.2, 0.25) is 0 Å². The van der Waals surface area contributed by atoms with Crippen molar-refractivity contribution in [2.24, 2.45) is 5.73 Å². The lowest BCUT2D eigenvalue weighted by atomic mass is 10.1. The van der Waals surface area contributed by atoms with Gasteiger partial charge < -0.3 is 10.5 Å². The molecule has 0 fully saturated rings. The van der Waals surface area contributed by atoms with Crippen molar-refractivity contribution < 1.29 is 4.74 Å². The molecule has 0 aliphatic heterocycles. The second kappa shape index (κ2) is 6.24. The van der Waals surface area contributed by atoms with Crippen molar-refractivity contribution in [1.29, 1.82) is 0 Å². The van der Waals surface area contributed by atoms with Gasteiger partial charge in [0.2, 0.25) is 0 Å². The molecule has 0 aliphatic rings. The van der Waals surface area contributed by atoms with Crippen molar-refractivity contribution in [3.05, 3.63) is 59.1 Å². The zero-order valence-corrected chi connectivity index (χ0v) is 12.8. The molecular weight excluding hydrogens is 280 g/mol. The second-order valence-corrected chi connectivity index (χ2v) is 6.06. The maximum atomic E-state index is 6.00. The van der Waals surface area contributed by atoms with Gasteiger partial charge in [0.05, 0.1) is 10.2 Å². The molecule has 1 aromatic heterocycles. The summed E-state index contributed by atoms with van der Waals surface area (Å²) in [5.41, 5.74) is 8.18. The Kier molecular flexibility index (Phi) is 4.18. The minimum absolute atomic E-state index is 0.100. The predicted octanol–water partition coefficient (Wildman–Crippen LogP) is 4.29. The van der Waals surface area contributed by atoms with Gasteiger partial charge in [-0.2, -0.15) is 0 Å². The number of hydrogen-bond acceptors (Lipinski definition) is 4. The highest BCUT2D eigenvalue weighted by molar-refractivity contribution is 7.18. The Morgan fingerprint density at radius 3 is 2.62 bits per heavy atom. The second-order valence-electron chi connectivity index (χ2n) is 4.95. The minimum atomic E-state index is 0.100. The van der Waals surface area contributed by atoms with Crippen LogP contribution in [0.15, 0.2) is 48.5 Å². The van der Waals surface area contributed by atoms with Gasteiger partial charge in [0.25, 0.3) is 0 Å². The van der Waals surface area contributed by atoms with Crippen molar-refractivity contribution >= 4 is 21.6 Å². The average molecular weight is 298 g/mol. The van der Waals surface area contributed by atoms with Crippen LogP contribution in [0.1, 0.15) is 30.0 Å². The molecule has 0 bridgehead atoms. The first-order valence-electron chi connectivity index (χ1n) is 7.09. The van der Waals surface area contributed by atoms with Crippen molar-refractivity contribution in [1.82, 2.24) is 4.98 Å². The number of nitrogens with zero attached hydrogens (tertiary/aromatic N) is 1. The topological polar surface area (TPSA) is 48.1 Å². The van der Waals surface area contributed by atoms with Crippen molar-refractivity contribution in [2.45, 2.75) is 26.0 Å². The number of rotatable bonds is 5. The summed E-state index contributed by atoms with van der Waals surface area (Å²) in [5.74, 6) is 0.848. The van der Waals surface area contributed by atoms with E-state index in [0.717, 1.165) is 28.3 Å². The zero-order valence-electron chi connectivity index (χ0n) is 12.0. The molecular formula is C17H18N2OS. The third-order valence-corrected chi connectivity index (χ3v) is 4.46. The largest absolute Gasteiger partial charge is 0.486 e. The molecule has 21 heavy (non-hydrogen) atoms. The van der Waals surface area contributed by atoms with E-state index < -0.39 is 0 Å². The molecule has 108 valence electrons. The normalized spacial score (nSPS) is 12.5. The molecule has 0 unspecified atom stereocenters. The van der Waals surface area contributed by atoms with Crippen LogP contribution in [0.3, 0.4) is 0 Å². The molecule has 0 radical (unpaired) electrons. The predicted molar refractivity (Wildman–Crippen MR) is 87.6 cm³/mol. The summed E-state index contributed by atoms with van der Waals surface area (Å²) in [4.78, 5) is 4.56. The molecule has 2 N–H and O–H groups in total. The summed E-state index contributed by atoms with van der Waals surface area (Å²) in [5, 5.41) is 0.991. The van der Waals surface area contributed by atoms with Gasteiger partial charge in [-0.05, 0) is 36.2 Å². The van der Waals surface area contributed by atoms with Gasteiger partial charge in [-0.15, -0.1) is 11.3 Å². The number of thiazole rings is 1. The summed E-state index contributed by atoms with van der Waals surface area (Å²) >= 11 is 1.67. The molecule has 0 spiro atoms. The van der Waals surface area contributed by atoms with Crippen molar-refractivity contribution in [2.75, 3.05) is 0 Å². The third kappa shape index (κ3) is 3.23. The molecule has 3 nitrogen and oxygen atoms in total. The number of para-hydroxylation sites is 1. The van der Waals surface area contributed by atoms with Gasteiger partial charge in [-0.25, -0.2) is 4.98 Å².